The zero-order valence-electron chi connectivity index (χ0n) is 9.63. The summed E-state index contributed by atoms with van der Waals surface area (Å²) < 4.78 is 7.37. The normalized spacial score (nSPS) is 37.0. The molecule has 0 spiro atoms. The van der Waals surface area contributed by atoms with Crippen molar-refractivity contribution >= 4 is 0 Å². The maximum Gasteiger partial charge on any atom is 0.156 e. The van der Waals surface area contributed by atoms with E-state index in [9.17, 15) is 5.11 Å². The van der Waals surface area contributed by atoms with E-state index in [2.05, 4.69) is 16.4 Å². The molecule has 6 nitrogen and oxygen atoms in total. The second-order valence-electron chi connectivity index (χ2n) is 5.06. The lowest BCUT2D eigenvalue weighted by Gasteiger charge is -2.25. The van der Waals surface area contributed by atoms with E-state index in [4.69, 9.17) is 10.00 Å². The molecule has 2 aliphatic rings. The molecule has 3 rings (SSSR count). The van der Waals surface area contributed by atoms with Crippen molar-refractivity contribution in [3.63, 3.8) is 0 Å². The summed E-state index contributed by atoms with van der Waals surface area (Å²) in [4.78, 5) is 0. The average molecular weight is 234 g/mol. The number of hydrogen-bond acceptors (Lipinski definition) is 5. The molecule has 1 aliphatic carbocycles. The Kier molecular flexibility index (Phi) is 2.06. The lowest BCUT2D eigenvalue weighted by atomic mass is 9.99. The lowest BCUT2D eigenvalue weighted by Crippen LogP contribution is -2.33. The summed E-state index contributed by atoms with van der Waals surface area (Å²) in [5.74, 6) is 0. The van der Waals surface area contributed by atoms with Crippen molar-refractivity contribution in [2.45, 2.75) is 43.4 Å². The first-order valence-electron chi connectivity index (χ1n) is 5.75. The van der Waals surface area contributed by atoms with Crippen molar-refractivity contribution in [1.82, 2.24) is 15.0 Å². The molecule has 3 atom stereocenters. The van der Waals surface area contributed by atoms with Crippen molar-refractivity contribution in [2.24, 2.45) is 0 Å². The summed E-state index contributed by atoms with van der Waals surface area (Å²) in [6.07, 6.45) is 3.42. The van der Waals surface area contributed by atoms with Gasteiger partial charge in [0.2, 0.25) is 0 Å². The minimum Gasteiger partial charge on any atom is -0.387 e. The average Bonchev–Trinajstić information content (AvgIpc) is 3.03. The zero-order valence-corrected chi connectivity index (χ0v) is 9.63. The van der Waals surface area contributed by atoms with Gasteiger partial charge in [-0.1, -0.05) is 5.21 Å². The van der Waals surface area contributed by atoms with E-state index in [1.165, 1.54) is 0 Å². The molecule has 0 radical (unpaired) electrons. The van der Waals surface area contributed by atoms with Crippen LogP contribution in [0.4, 0.5) is 0 Å². The summed E-state index contributed by atoms with van der Waals surface area (Å²) >= 11 is 0. The summed E-state index contributed by atoms with van der Waals surface area (Å²) in [5.41, 5.74) is -0.312. The quantitative estimate of drug-likeness (QED) is 0.805. The fraction of sp³-hybridized carbons (Fsp3) is 0.727. The Morgan fingerprint density at radius 2 is 2.47 bits per heavy atom. The predicted octanol–water partition coefficient (Wildman–Crippen LogP) is 0.503. The van der Waals surface area contributed by atoms with Crippen molar-refractivity contribution in [2.75, 3.05) is 6.61 Å². The molecule has 1 aliphatic heterocycles. The van der Waals surface area contributed by atoms with Crippen LogP contribution < -0.4 is 0 Å². The van der Waals surface area contributed by atoms with Crippen LogP contribution in [-0.4, -0.2) is 32.3 Å². The van der Waals surface area contributed by atoms with E-state index in [0.29, 0.717) is 18.7 Å². The van der Waals surface area contributed by atoms with Gasteiger partial charge in [-0.2, -0.15) is 5.26 Å². The van der Waals surface area contributed by atoms with Crippen molar-refractivity contribution in [3.8, 4) is 6.07 Å². The predicted molar refractivity (Wildman–Crippen MR) is 56.8 cm³/mol. The van der Waals surface area contributed by atoms with Crippen molar-refractivity contribution in [1.29, 1.82) is 5.26 Å². The largest absolute Gasteiger partial charge is 0.387 e. The van der Waals surface area contributed by atoms with E-state index >= 15 is 0 Å². The van der Waals surface area contributed by atoms with Crippen LogP contribution in [0.2, 0.25) is 0 Å². The number of nitriles is 1. The van der Waals surface area contributed by atoms with E-state index < -0.39 is 11.7 Å². The maximum atomic E-state index is 9.44. The Balaban J connectivity index is 1.93. The van der Waals surface area contributed by atoms with Gasteiger partial charge in [0.05, 0.1) is 30.5 Å². The van der Waals surface area contributed by atoms with Crippen LogP contribution in [0.25, 0.3) is 0 Å². The molecule has 2 heterocycles. The number of nitrogens with zero attached hydrogens (tertiary/aromatic N) is 4. The first-order chi connectivity index (χ1) is 8.09. The number of hydrogen-bond donors (Lipinski definition) is 1. The molecule has 2 fully saturated rings. The minimum atomic E-state index is -0.628. The molecule has 1 saturated heterocycles. The Hall–Kier alpha value is -1.45. The van der Waals surface area contributed by atoms with Crippen LogP contribution in [0.3, 0.4) is 0 Å². The number of rotatable bonds is 2. The molecule has 2 bridgehead atoms. The fourth-order valence-corrected chi connectivity index (χ4v) is 2.75. The second kappa shape index (κ2) is 3.28. The summed E-state index contributed by atoms with van der Waals surface area (Å²) in [6.45, 7) is 2.16. The van der Waals surface area contributed by atoms with Gasteiger partial charge in [-0.05, 0) is 19.8 Å². The highest BCUT2D eigenvalue weighted by Gasteiger charge is 2.58. The number of aliphatic hydroxyl groups is 1. The zero-order chi connectivity index (χ0) is 12.1. The van der Waals surface area contributed by atoms with E-state index in [-0.39, 0.29) is 5.54 Å². The second-order valence-corrected chi connectivity index (χ2v) is 5.06. The summed E-state index contributed by atoms with van der Waals surface area (Å²) in [6, 6.07) is 2.26. The number of fused-ring (bicyclic) bond motifs is 2. The van der Waals surface area contributed by atoms with Gasteiger partial charge >= 0.3 is 0 Å². The minimum absolute atomic E-state index is 0.240. The van der Waals surface area contributed by atoms with Crippen LogP contribution >= 0.6 is 0 Å². The SMILES string of the molecule is C[C@H](O)c1cn(C23CCC(C#N)(C2)OC3)nn1. The van der Waals surface area contributed by atoms with Gasteiger partial charge in [0.1, 0.15) is 5.69 Å². The molecule has 0 aromatic carbocycles. The number of aliphatic hydroxyl groups excluding tert-OH is 1. The monoisotopic (exact) mass is 234 g/mol. The molecule has 90 valence electrons. The first-order valence-corrected chi connectivity index (χ1v) is 5.75. The van der Waals surface area contributed by atoms with Crippen LogP contribution in [0.15, 0.2) is 6.20 Å². The maximum absolute atomic E-state index is 9.44. The van der Waals surface area contributed by atoms with Gasteiger partial charge in [0.25, 0.3) is 0 Å². The first kappa shape index (κ1) is 10.7. The standard InChI is InChI=1S/C11H14N4O2/c1-8(16)9-4-15(14-13-9)10-2-3-11(5-10,6-12)17-7-10/h4,8,16H,2-3,5,7H2,1H3/t8-,10?,11?/m0/s1. The van der Waals surface area contributed by atoms with Gasteiger partial charge in [-0.3, -0.25) is 0 Å². The Labute approximate surface area is 98.8 Å². The van der Waals surface area contributed by atoms with Crippen LogP contribution in [0.1, 0.15) is 38.0 Å². The third-order valence-electron chi connectivity index (χ3n) is 3.85. The highest BCUT2D eigenvalue weighted by molar-refractivity contribution is 5.18. The van der Waals surface area contributed by atoms with Gasteiger partial charge in [0, 0.05) is 6.42 Å². The molecular formula is C11H14N4O2. The molecule has 1 aromatic rings. The molecule has 2 unspecified atom stereocenters. The van der Waals surface area contributed by atoms with Crippen molar-refractivity contribution < 1.29 is 9.84 Å². The molecule has 17 heavy (non-hydrogen) atoms. The van der Waals surface area contributed by atoms with Gasteiger partial charge in [-0.25, -0.2) is 4.68 Å². The highest BCUT2D eigenvalue weighted by atomic mass is 16.5. The Morgan fingerprint density at radius 3 is 2.94 bits per heavy atom. The molecule has 1 aromatic heterocycles. The van der Waals surface area contributed by atoms with Gasteiger partial charge in [0.15, 0.2) is 5.60 Å². The third kappa shape index (κ3) is 1.39. The van der Waals surface area contributed by atoms with Gasteiger partial charge in [-0.15, -0.1) is 5.10 Å². The molecule has 1 saturated carbocycles. The summed E-state index contributed by atoms with van der Waals surface area (Å²) in [5, 5.41) is 26.6. The molecule has 1 N–H and O–H groups in total. The van der Waals surface area contributed by atoms with E-state index in [1.54, 1.807) is 17.8 Å². The Morgan fingerprint density at radius 1 is 1.65 bits per heavy atom. The van der Waals surface area contributed by atoms with E-state index in [0.717, 1.165) is 12.8 Å². The Bertz CT molecular complexity index is 480. The number of aromatic nitrogens is 3. The van der Waals surface area contributed by atoms with Crippen molar-refractivity contribution in [3.05, 3.63) is 11.9 Å². The summed E-state index contributed by atoms with van der Waals surface area (Å²) in [7, 11) is 0. The van der Waals surface area contributed by atoms with Crippen LogP contribution in [-0.2, 0) is 10.3 Å². The van der Waals surface area contributed by atoms with Crippen LogP contribution in [0, 0.1) is 11.3 Å². The third-order valence-corrected chi connectivity index (χ3v) is 3.85. The van der Waals surface area contributed by atoms with Crippen LogP contribution in [0.5, 0.6) is 0 Å². The molecule has 6 heteroatoms. The lowest BCUT2D eigenvalue weighted by molar-refractivity contribution is 0.00866. The molecule has 0 amide bonds. The van der Waals surface area contributed by atoms with Gasteiger partial charge < -0.3 is 9.84 Å². The smallest absolute Gasteiger partial charge is 0.156 e. The highest BCUT2D eigenvalue weighted by Crippen LogP contribution is 2.50. The molecular weight excluding hydrogens is 220 g/mol. The fourth-order valence-electron chi connectivity index (χ4n) is 2.75. The topological polar surface area (TPSA) is 84.0 Å². The number of ether oxygens (including phenoxy) is 1. The van der Waals surface area contributed by atoms with E-state index in [1.807, 2.05) is 0 Å².